The lowest BCUT2D eigenvalue weighted by Gasteiger charge is -2.01. The first kappa shape index (κ1) is 25.7. The van der Waals surface area contributed by atoms with Crippen molar-refractivity contribution in [1.82, 2.24) is 0 Å². The number of rotatable bonds is 19. The van der Waals surface area contributed by atoms with Gasteiger partial charge in [-0.05, 0) is 45.4 Å². The summed E-state index contributed by atoms with van der Waals surface area (Å²) >= 11 is 0. The van der Waals surface area contributed by atoms with Crippen LogP contribution in [0.4, 0.5) is 0 Å². The van der Waals surface area contributed by atoms with Gasteiger partial charge in [0.1, 0.15) is 0 Å². The van der Waals surface area contributed by atoms with Crippen LogP contribution in [0.15, 0.2) is 36.5 Å². The van der Waals surface area contributed by atoms with Gasteiger partial charge in [0, 0.05) is 6.08 Å². The molecule has 0 spiro atoms. The Morgan fingerprint density at radius 2 is 1.04 bits per heavy atom. The molecule has 0 bridgehead atoms. The maximum absolute atomic E-state index is 11.1. The van der Waals surface area contributed by atoms with Crippen LogP contribution < -0.4 is 0 Å². The van der Waals surface area contributed by atoms with Crippen molar-refractivity contribution in [2.75, 3.05) is 6.61 Å². The van der Waals surface area contributed by atoms with E-state index in [4.69, 9.17) is 4.74 Å². The standard InChI is InChI=1S/C25H44O2/c1-3-5-6-7-8-9-10-11-12-13-14-15-16-17-18-19-20-21-22-23-24-25(26)27-4-2/h15-16,19-20,23-24H,3-14,17-18,21-22H2,1-2H3/b16-15+,20-19+,24-23+. The molecule has 0 aliphatic carbocycles. The van der Waals surface area contributed by atoms with E-state index in [0.717, 1.165) is 25.7 Å². The third-order valence-corrected chi connectivity index (χ3v) is 4.60. The zero-order valence-electron chi connectivity index (χ0n) is 18.1. The number of carbonyl (C=O) groups excluding carboxylic acids is 1. The van der Waals surface area contributed by atoms with E-state index in [1.165, 1.54) is 76.7 Å². The third-order valence-electron chi connectivity index (χ3n) is 4.60. The average Bonchev–Trinajstić information content (AvgIpc) is 2.66. The topological polar surface area (TPSA) is 26.3 Å². The average molecular weight is 377 g/mol. The normalized spacial score (nSPS) is 11.9. The highest BCUT2D eigenvalue weighted by Gasteiger charge is 1.92. The number of hydrogen-bond donors (Lipinski definition) is 0. The Labute approximate surface area is 169 Å². The van der Waals surface area contributed by atoms with Crippen LogP contribution >= 0.6 is 0 Å². The van der Waals surface area contributed by atoms with Gasteiger partial charge in [0.25, 0.3) is 0 Å². The van der Waals surface area contributed by atoms with Gasteiger partial charge in [-0.15, -0.1) is 0 Å². The van der Waals surface area contributed by atoms with Gasteiger partial charge in [0.15, 0.2) is 0 Å². The SMILES string of the molecule is CCCCCCCCCCCC/C=C/CC/C=C/CC/C=C/C(=O)OCC. The molecule has 0 aromatic rings. The van der Waals surface area contributed by atoms with E-state index in [0.29, 0.717) is 6.61 Å². The van der Waals surface area contributed by atoms with Gasteiger partial charge in [0.05, 0.1) is 6.61 Å². The lowest BCUT2D eigenvalue weighted by atomic mass is 10.1. The van der Waals surface area contributed by atoms with E-state index in [2.05, 4.69) is 31.2 Å². The Kier molecular flexibility index (Phi) is 21.6. The van der Waals surface area contributed by atoms with Crippen LogP contribution in [-0.4, -0.2) is 12.6 Å². The van der Waals surface area contributed by atoms with Crippen molar-refractivity contribution < 1.29 is 9.53 Å². The molecule has 0 aromatic heterocycles. The van der Waals surface area contributed by atoms with Gasteiger partial charge in [-0.3, -0.25) is 0 Å². The summed E-state index contributed by atoms with van der Waals surface area (Å²) in [6, 6.07) is 0. The summed E-state index contributed by atoms with van der Waals surface area (Å²) < 4.78 is 4.83. The van der Waals surface area contributed by atoms with E-state index in [1.54, 1.807) is 0 Å². The molecule has 0 saturated carbocycles. The Hall–Kier alpha value is -1.31. The molecule has 0 atom stereocenters. The first-order chi connectivity index (χ1) is 13.3. The molecule has 0 saturated heterocycles. The maximum atomic E-state index is 11.1. The summed E-state index contributed by atoms with van der Waals surface area (Å²) in [5.41, 5.74) is 0. The summed E-state index contributed by atoms with van der Waals surface area (Å²) in [6.45, 7) is 4.54. The summed E-state index contributed by atoms with van der Waals surface area (Å²) in [6.07, 6.45) is 31.9. The highest BCUT2D eigenvalue weighted by atomic mass is 16.5. The molecule has 0 unspecified atom stereocenters. The van der Waals surface area contributed by atoms with Crippen molar-refractivity contribution >= 4 is 5.97 Å². The number of unbranched alkanes of at least 4 members (excludes halogenated alkanes) is 12. The fourth-order valence-corrected chi connectivity index (χ4v) is 2.98. The van der Waals surface area contributed by atoms with Crippen molar-refractivity contribution in [3.05, 3.63) is 36.5 Å². The van der Waals surface area contributed by atoms with Gasteiger partial charge in [-0.2, -0.15) is 0 Å². The minimum Gasteiger partial charge on any atom is -0.463 e. The van der Waals surface area contributed by atoms with Crippen molar-refractivity contribution in [1.29, 1.82) is 0 Å². The minimum atomic E-state index is -0.242. The minimum absolute atomic E-state index is 0.242. The second kappa shape index (κ2) is 22.7. The fourth-order valence-electron chi connectivity index (χ4n) is 2.98. The van der Waals surface area contributed by atoms with Crippen LogP contribution in [0.2, 0.25) is 0 Å². The Morgan fingerprint density at radius 3 is 1.56 bits per heavy atom. The number of allylic oxidation sites excluding steroid dienone is 5. The lowest BCUT2D eigenvalue weighted by Crippen LogP contribution is -1.98. The smallest absolute Gasteiger partial charge is 0.330 e. The zero-order chi connectivity index (χ0) is 19.8. The molecule has 0 N–H and O–H groups in total. The first-order valence-corrected chi connectivity index (χ1v) is 11.4. The van der Waals surface area contributed by atoms with Crippen LogP contribution in [0.1, 0.15) is 110 Å². The monoisotopic (exact) mass is 376 g/mol. The molecule has 2 heteroatoms. The predicted molar refractivity (Wildman–Crippen MR) is 119 cm³/mol. The first-order valence-electron chi connectivity index (χ1n) is 11.4. The highest BCUT2D eigenvalue weighted by Crippen LogP contribution is 2.11. The molecular formula is C25H44O2. The van der Waals surface area contributed by atoms with Crippen molar-refractivity contribution in [2.45, 2.75) is 110 Å². The van der Waals surface area contributed by atoms with E-state index in [9.17, 15) is 4.79 Å². The summed E-state index contributed by atoms with van der Waals surface area (Å²) in [4.78, 5) is 11.1. The van der Waals surface area contributed by atoms with Gasteiger partial charge < -0.3 is 4.74 Å². The van der Waals surface area contributed by atoms with E-state index in [1.807, 2.05) is 13.0 Å². The molecular weight excluding hydrogens is 332 g/mol. The van der Waals surface area contributed by atoms with Gasteiger partial charge in [-0.25, -0.2) is 4.79 Å². The number of esters is 1. The van der Waals surface area contributed by atoms with Crippen molar-refractivity contribution in [3.8, 4) is 0 Å². The summed E-state index contributed by atoms with van der Waals surface area (Å²) in [7, 11) is 0. The quantitative estimate of drug-likeness (QED) is 0.0985. The molecule has 27 heavy (non-hydrogen) atoms. The molecule has 156 valence electrons. The second-order valence-corrected chi connectivity index (χ2v) is 7.22. The second-order valence-electron chi connectivity index (χ2n) is 7.22. The molecule has 0 fully saturated rings. The van der Waals surface area contributed by atoms with Gasteiger partial charge >= 0.3 is 5.97 Å². The Bertz CT molecular complexity index is 393. The van der Waals surface area contributed by atoms with Crippen LogP contribution in [0.5, 0.6) is 0 Å². The van der Waals surface area contributed by atoms with E-state index >= 15 is 0 Å². The molecule has 2 nitrogen and oxygen atoms in total. The molecule has 0 aliphatic heterocycles. The Balaban J connectivity index is 3.28. The zero-order valence-corrected chi connectivity index (χ0v) is 18.1. The van der Waals surface area contributed by atoms with E-state index < -0.39 is 0 Å². The largest absolute Gasteiger partial charge is 0.463 e. The van der Waals surface area contributed by atoms with Crippen LogP contribution in [0.3, 0.4) is 0 Å². The molecule has 0 aromatic carbocycles. The third kappa shape index (κ3) is 22.6. The van der Waals surface area contributed by atoms with Gasteiger partial charge in [0.2, 0.25) is 0 Å². The lowest BCUT2D eigenvalue weighted by molar-refractivity contribution is -0.137. The van der Waals surface area contributed by atoms with E-state index in [-0.39, 0.29) is 5.97 Å². The number of ether oxygens (including phenoxy) is 1. The number of hydrogen-bond acceptors (Lipinski definition) is 2. The number of carbonyl (C=O) groups is 1. The predicted octanol–water partition coefficient (Wildman–Crippen LogP) is 8.09. The van der Waals surface area contributed by atoms with Crippen molar-refractivity contribution in [3.63, 3.8) is 0 Å². The van der Waals surface area contributed by atoms with Crippen LogP contribution in [-0.2, 0) is 9.53 Å². The summed E-state index contributed by atoms with van der Waals surface area (Å²) in [5, 5.41) is 0. The van der Waals surface area contributed by atoms with Crippen LogP contribution in [0, 0.1) is 0 Å². The van der Waals surface area contributed by atoms with Crippen molar-refractivity contribution in [2.24, 2.45) is 0 Å². The Morgan fingerprint density at radius 1 is 0.593 bits per heavy atom. The maximum Gasteiger partial charge on any atom is 0.330 e. The van der Waals surface area contributed by atoms with Crippen LogP contribution in [0.25, 0.3) is 0 Å². The van der Waals surface area contributed by atoms with Gasteiger partial charge in [-0.1, -0.05) is 95.1 Å². The molecule has 0 radical (unpaired) electrons. The molecule has 0 aliphatic rings. The fraction of sp³-hybridized carbons (Fsp3) is 0.720. The molecule has 0 amide bonds. The summed E-state index contributed by atoms with van der Waals surface area (Å²) in [5.74, 6) is -0.242. The molecule has 0 heterocycles. The highest BCUT2D eigenvalue weighted by molar-refractivity contribution is 5.81. The molecule has 0 rings (SSSR count).